The lowest BCUT2D eigenvalue weighted by atomic mass is 10.1. The summed E-state index contributed by atoms with van der Waals surface area (Å²) in [5, 5.41) is 5.99. The number of rotatable bonds is 12. The van der Waals surface area contributed by atoms with Crippen LogP contribution in [0.2, 0.25) is 0 Å². The van der Waals surface area contributed by atoms with Gasteiger partial charge in [0.15, 0.2) is 11.5 Å². The Balaban J connectivity index is 1.52. The van der Waals surface area contributed by atoms with Crippen LogP contribution in [0.3, 0.4) is 0 Å². The monoisotopic (exact) mass is 540 g/mol. The molecule has 1 saturated carbocycles. The fourth-order valence-electron chi connectivity index (χ4n) is 3.78. The number of anilines is 2. The minimum atomic E-state index is -0.677. The number of carbonyl (C=O) groups excluding carboxylic acids is 3. The molecule has 0 radical (unpaired) electrons. The molecule has 0 aliphatic heterocycles. The molecule has 0 saturated heterocycles. The van der Waals surface area contributed by atoms with E-state index in [-0.39, 0.29) is 11.6 Å². The highest BCUT2D eigenvalue weighted by molar-refractivity contribution is 5.96. The molecule has 0 spiro atoms. The van der Waals surface area contributed by atoms with E-state index in [1.165, 1.54) is 11.9 Å². The average molecular weight is 541 g/mol. The van der Waals surface area contributed by atoms with Crippen LogP contribution >= 0.6 is 0 Å². The molecule has 11 heteroatoms. The number of nitrogens with zero attached hydrogens (tertiary/aromatic N) is 3. The predicted molar refractivity (Wildman–Crippen MR) is 148 cm³/mol. The molecule has 1 aromatic carbocycles. The van der Waals surface area contributed by atoms with Crippen molar-refractivity contribution >= 4 is 29.4 Å². The van der Waals surface area contributed by atoms with E-state index in [1.807, 2.05) is 25.1 Å². The van der Waals surface area contributed by atoms with Crippen molar-refractivity contribution in [1.29, 1.82) is 0 Å². The fraction of sp³-hybridized carbons (Fsp3) is 0.536. The van der Waals surface area contributed by atoms with Crippen LogP contribution < -0.4 is 21.1 Å². The maximum atomic E-state index is 12.4. The Bertz CT molecular complexity index is 1190. The Morgan fingerprint density at radius 3 is 2.54 bits per heavy atom. The molecule has 212 valence electrons. The van der Waals surface area contributed by atoms with Gasteiger partial charge in [0.2, 0.25) is 5.91 Å². The Morgan fingerprint density at radius 2 is 1.92 bits per heavy atom. The molecule has 1 aromatic heterocycles. The molecule has 1 heterocycles. The number of benzene rings is 1. The second-order valence-electron chi connectivity index (χ2n) is 10.7. The van der Waals surface area contributed by atoms with Crippen LogP contribution in [0.15, 0.2) is 24.3 Å². The lowest BCUT2D eigenvalue weighted by Crippen LogP contribution is -2.47. The zero-order chi connectivity index (χ0) is 28.7. The SMILES string of the molecule is CCc1nc(C(N)=O)c(Nc2cccc(OCCCNC(=O)[C@H](C)N(C)C(=O)OC(C)(C)C)c2)nc1C1CC1. The van der Waals surface area contributed by atoms with E-state index < -0.39 is 23.6 Å². The van der Waals surface area contributed by atoms with Crippen molar-refractivity contribution < 1.29 is 23.9 Å². The standard InChI is InChI=1S/C28H40N6O5/c1-7-21-22(18-12-13-18)33-25(23(32-21)24(29)35)31-19-10-8-11-20(16-19)38-15-9-14-30-26(36)17(2)34(6)27(37)39-28(3,4)5/h8,10-11,16-18H,7,9,12-15H2,1-6H3,(H2,29,35)(H,30,36)(H,31,33)/t17-/m0/s1. The Kier molecular flexibility index (Phi) is 9.71. The van der Waals surface area contributed by atoms with Crippen LogP contribution in [0.25, 0.3) is 0 Å². The number of hydrogen-bond acceptors (Lipinski definition) is 8. The summed E-state index contributed by atoms with van der Waals surface area (Å²) in [6.45, 7) is 9.70. The molecular formula is C28H40N6O5. The lowest BCUT2D eigenvalue weighted by molar-refractivity contribution is -0.125. The largest absolute Gasteiger partial charge is 0.493 e. The third-order valence-electron chi connectivity index (χ3n) is 6.16. The Hall–Kier alpha value is -3.89. The maximum absolute atomic E-state index is 12.4. The predicted octanol–water partition coefficient (Wildman–Crippen LogP) is 3.90. The Morgan fingerprint density at radius 1 is 1.21 bits per heavy atom. The van der Waals surface area contributed by atoms with Gasteiger partial charge in [-0.1, -0.05) is 13.0 Å². The maximum Gasteiger partial charge on any atom is 0.410 e. The van der Waals surface area contributed by atoms with Crippen molar-refractivity contribution in [2.24, 2.45) is 5.73 Å². The highest BCUT2D eigenvalue weighted by Gasteiger charge is 2.30. The molecular weight excluding hydrogens is 500 g/mol. The third kappa shape index (κ3) is 8.56. The summed E-state index contributed by atoms with van der Waals surface area (Å²) in [5.41, 5.74) is 7.49. The lowest BCUT2D eigenvalue weighted by Gasteiger charge is -2.28. The quantitative estimate of drug-likeness (QED) is 0.343. The van der Waals surface area contributed by atoms with Crippen molar-refractivity contribution in [3.05, 3.63) is 41.3 Å². The first-order valence-electron chi connectivity index (χ1n) is 13.3. The van der Waals surface area contributed by atoms with E-state index in [1.54, 1.807) is 33.8 Å². The molecule has 3 amide bonds. The summed E-state index contributed by atoms with van der Waals surface area (Å²) in [5.74, 6) is 0.423. The van der Waals surface area contributed by atoms with Gasteiger partial charge in [-0.05, 0) is 65.5 Å². The van der Waals surface area contributed by atoms with Crippen LogP contribution in [0, 0.1) is 0 Å². The minimum Gasteiger partial charge on any atom is -0.493 e. The number of aromatic nitrogens is 2. The summed E-state index contributed by atoms with van der Waals surface area (Å²) < 4.78 is 11.2. The highest BCUT2D eigenvalue weighted by atomic mass is 16.6. The summed E-state index contributed by atoms with van der Waals surface area (Å²) >= 11 is 0. The molecule has 2 aromatic rings. The summed E-state index contributed by atoms with van der Waals surface area (Å²) in [6, 6.07) is 6.61. The van der Waals surface area contributed by atoms with Crippen molar-refractivity contribution in [3.8, 4) is 5.75 Å². The van der Waals surface area contributed by atoms with Crippen LogP contribution in [0.1, 0.15) is 81.7 Å². The van der Waals surface area contributed by atoms with Gasteiger partial charge >= 0.3 is 6.09 Å². The normalized spacial score (nSPS) is 13.8. The zero-order valence-corrected chi connectivity index (χ0v) is 23.7. The van der Waals surface area contributed by atoms with E-state index >= 15 is 0 Å². The van der Waals surface area contributed by atoms with Gasteiger partial charge in [-0.3, -0.25) is 14.5 Å². The van der Waals surface area contributed by atoms with Gasteiger partial charge < -0.3 is 25.8 Å². The number of hydrogen-bond donors (Lipinski definition) is 3. The molecule has 11 nitrogen and oxygen atoms in total. The number of nitrogens with two attached hydrogens (primary N) is 1. The number of primary amides is 1. The highest BCUT2D eigenvalue weighted by Crippen LogP contribution is 2.41. The van der Waals surface area contributed by atoms with E-state index in [2.05, 4.69) is 15.6 Å². The molecule has 3 rings (SSSR count). The van der Waals surface area contributed by atoms with Gasteiger partial charge in [-0.15, -0.1) is 0 Å². The molecule has 4 N–H and O–H groups in total. The van der Waals surface area contributed by atoms with Crippen LogP contribution in [-0.4, -0.2) is 64.6 Å². The summed E-state index contributed by atoms with van der Waals surface area (Å²) in [6.07, 6.45) is 2.83. The smallest absolute Gasteiger partial charge is 0.410 e. The first kappa shape index (κ1) is 29.7. The number of amides is 3. The Labute approximate surface area is 229 Å². The van der Waals surface area contributed by atoms with Crippen LogP contribution in [0.4, 0.5) is 16.3 Å². The molecule has 0 unspecified atom stereocenters. The van der Waals surface area contributed by atoms with Crippen LogP contribution in [0.5, 0.6) is 5.75 Å². The first-order chi connectivity index (χ1) is 18.4. The summed E-state index contributed by atoms with van der Waals surface area (Å²) in [4.78, 5) is 47.2. The average Bonchev–Trinajstić information content (AvgIpc) is 3.72. The van der Waals surface area contributed by atoms with Crippen molar-refractivity contribution in [2.45, 2.75) is 77.9 Å². The van der Waals surface area contributed by atoms with Gasteiger partial charge in [-0.2, -0.15) is 0 Å². The van der Waals surface area contributed by atoms with E-state index in [4.69, 9.17) is 20.2 Å². The first-order valence-corrected chi connectivity index (χ1v) is 13.3. The number of ether oxygens (including phenoxy) is 2. The van der Waals surface area contributed by atoms with E-state index in [0.29, 0.717) is 49.2 Å². The van der Waals surface area contributed by atoms with Gasteiger partial charge in [0.05, 0.1) is 18.0 Å². The number of nitrogens with one attached hydrogen (secondary N) is 2. The van der Waals surface area contributed by atoms with Crippen molar-refractivity contribution in [3.63, 3.8) is 0 Å². The number of aryl methyl sites for hydroxylation is 1. The van der Waals surface area contributed by atoms with Crippen molar-refractivity contribution in [2.75, 3.05) is 25.5 Å². The molecule has 1 fully saturated rings. The third-order valence-corrected chi connectivity index (χ3v) is 6.16. The van der Waals surface area contributed by atoms with Gasteiger partial charge in [0, 0.05) is 31.3 Å². The van der Waals surface area contributed by atoms with Gasteiger partial charge in [-0.25, -0.2) is 14.8 Å². The van der Waals surface area contributed by atoms with E-state index in [9.17, 15) is 14.4 Å². The second-order valence-corrected chi connectivity index (χ2v) is 10.7. The van der Waals surface area contributed by atoms with Crippen LogP contribution in [-0.2, 0) is 16.0 Å². The summed E-state index contributed by atoms with van der Waals surface area (Å²) in [7, 11) is 1.53. The van der Waals surface area contributed by atoms with E-state index in [0.717, 1.165) is 24.2 Å². The van der Waals surface area contributed by atoms with Gasteiger partial charge in [0.1, 0.15) is 17.4 Å². The van der Waals surface area contributed by atoms with Gasteiger partial charge in [0.25, 0.3) is 5.91 Å². The number of carbonyl (C=O) groups is 3. The molecule has 1 aliphatic carbocycles. The minimum absolute atomic E-state index is 0.116. The molecule has 0 bridgehead atoms. The topological polar surface area (TPSA) is 149 Å². The molecule has 1 aliphatic rings. The second kappa shape index (κ2) is 12.8. The molecule has 1 atom stereocenters. The fourth-order valence-corrected chi connectivity index (χ4v) is 3.78. The number of likely N-dealkylation sites (N-methyl/N-ethyl adjacent to an activating group) is 1. The van der Waals surface area contributed by atoms with Crippen molar-refractivity contribution in [1.82, 2.24) is 20.2 Å². The zero-order valence-electron chi connectivity index (χ0n) is 23.7. The molecule has 39 heavy (non-hydrogen) atoms.